The van der Waals surface area contributed by atoms with E-state index in [1.807, 2.05) is 32.9 Å². The van der Waals surface area contributed by atoms with Crippen LogP contribution in [0.5, 0.6) is 5.88 Å². The van der Waals surface area contributed by atoms with Gasteiger partial charge in [-0.1, -0.05) is 6.07 Å². The summed E-state index contributed by atoms with van der Waals surface area (Å²) in [5.41, 5.74) is 1.64. The molecule has 0 saturated carbocycles. The highest BCUT2D eigenvalue weighted by Crippen LogP contribution is 2.22. The van der Waals surface area contributed by atoms with Crippen molar-refractivity contribution in [1.29, 1.82) is 0 Å². The third kappa shape index (κ3) is 5.34. The largest absolute Gasteiger partial charge is 0.478 e. The average Bonchev–Trinajstić information content (AvgIpc) is 3.10. The highest BCUT2D eigenvalue weighted by Gasteiger charge is 2.26. The number of pyridine rings is 1. The van der Waals surface area contributed by atoms with Crippen LogP contribution < -0.4 is 4.74 Å². The van der Waals surface area contributed by atoms with E-state index in [1.165, 1.54) is 25.9 Å². The number of nitrogens with zero attached hydrogens (tertiary/aromatic N) is 3. The smallest absolute Gasteiger partial charge is 0.410 e. The van der Waals surface area contributed by atoms with Crippen molar-refractivity contribution >= 4 is 6.09 Å². The summed E-state index contributed by atoms with van der Waals surface area (Å²) in [4.78, 5) is 21.1. The van der Waals surface area contributed by atoms with Crippen LogP contribution in [0.3, 0.4) is 0 Å². The van der Waals surface area contributed by atoms with Crippen LogP contribution in [0.25, 0.3) is 0 Å². The minimum absolute atomic E-state index is 0.259. The van der Waals surface area contributed by atoms with Crippen molar-refractivity contribution < 1.29 is 14.3 Å². The van der Waals surface area contributed by atoms with Gasteiger partial charge in [-0.25, -0.2) is 9.78 Å². The van der Waals surface area contributed by atoms with E-state index in [0.29, 0.717) is 25.6 Å². The van der Waals surface area contributed by atoms with Gasteiger partial charge in [0.05, 0.1) is 18.8 Å². The van der Waals surface area contributed by atoms with E-state index in [-0.39, 0.29) is 6.09 Å². The molecular formula is C20H31N3O3. The zero-order valence-electron chi connectivity index (χ0n) is 16.3. The van der Waals surface area contributed by atoms with E-state index in [4.69, 9.17) is 9.47 Å². The van der Waals surface area contributed by atoms with Crippen LogP contribution in [0.2, 0.25) is 0 Å². The molecule has 2 aliphatic rings. The van der Waals surface area contributed by atoms with Gasteiger partial charge in [-0.05, 0) is 58.7 Å². The zero-order valence-corrected chi connectivity index (χ0v) is 16.3. The van der Waals surface area contributed by atoms with Gasteiger partial charge in [0.1, 0.15) is 5.60 Å². The van der Waals surface area contributed by atoms with Crippen LogP contribution in [-0.2, 0) is 17.7 Å². The molecule has 0 aromatic carbocycles. The van der Waals surface area contributed by atoms with Crippen molar-refractivity contribution in [3.63, 3.8) is 0 Å². The molecule has 26 heavy (non-hydrogen) atoms. The molecule has 0 radical (unpaired) electrons. The lowest BCUT2D eigenvalue weighted by molar-refractivity contribution is 0.0222. The second-order valence-electron chi connectivity index (χ2n) is 8.16. The standard InChI is InChI=1S/C20H31N3O3/c1-20(2,3)26-19(24)23-13-9-17-16(15-23)7-8-18(21-17)25-14-6-12-22-10-4-5-11-22/h7-8H,4-6,9-15H2,1-3H3. The summed E-state index contributed by atoms with van der Waals surface area (Å²) >= 11 is 0. The Morgan fingerprint density at radius 2 is 1.96 bits per heavy atom. The minimum Gasteiger partial charge on any atom is -0.478 e. The van der Waals surface area contributed by atoms with Crippen molar-refractivity contribution in [2.24, 2.45) is 0 Å². The van der Waals surface area contributed by atoms with Gasteiger partial charge in [0, 0.05) is 25.6 Å². The fourth-order valence-electron chi connectivity index (χ4n) is 3.43. The average molecular weight is 361 g/mol. The molecule has 0 spiro atoms. The third-order valence-corrected chi connectivity index (χ3v) is 4.74. The van der Waals surface area contributed by atoms with Gasteiger partial charge in [-0.3, -0.25) is 0 Å². The number of amides is 1. The number of carbonyl (C=O) groups is 1. The number of likely N-dealkylation sites (tertiary alicyclic amines) is 1. The van der Waals surface area contributed by atoms with Gasteiger partial charge < -0.3 is 19.3 Å². The summed E-state index contributed by atoms with van der Waals surface area (Å²) in [7, 11) is 0. The van der Waals surface area contributed by atoms with Crippen LogP contribution in [0.1, 0.15) is 51.3 Å². The summed E-state index contributed by atoms with van der Waals surface area (Å²) in [6.45, 7) is 11.1. The Kier molecular flexibility index (Phi) is 6.01. The first-order valence-electron chi connectivity index (χ1n) is 9.72. The Morgan fingerprint density at radius 1 is 1.19 bits per heavy atom. The molecule has 1 amide bonds. The molecule has 3 heterocycles. The summed E-state index contributed by atoms with van der Waals surface area (Å²) in [6.07, 6.45) is 4.16. The van der Waals surface area contributed by atoms with Crippen LogP contribution in [0.4, 0.5) is 4.79 Å². The minimum atomic E-state index is -0.470. The molecule has 1 aromatic rings. The lowest BCUT2D eigenvalue weighted by Crippen LogP contribution is -2.40. The lowest BCUT2D eigenvalue weighted by Gasteiger charge is -2.30. The SMILES string of the molecule is CC(C)(C)OC(=O)N1CCc2nc(OCCCN3CCCC3)ccc2C1. The maximum Gasteiger partial charge on any atom is 0.410 e. The van der Waals surface area contributed by atoms with Gasteiger partial charge >= 0.3 is 6.09 Å². The van der Waals surface area contributed by atoms with Gasteiger partial charge in [0.2, 0.25) is 5.88 Å². The number of fused-ring (bicyclic) bond motifs is 1. The maximum absolute atomic E-state index is 12.2. The number of hydrogen-bond acceptors (Lipinski definition) is 5. The zero-order chi connectivity index (χ0) is 18.6. The molecule has 144 valence electrons. The first-order chi connectivity index (χ1) is 12.4. The molecule has 2 aliphatic heterocycles. The van der Waals surface area contributed by atoms with Gasteiger partial charge in [0.15, 0.2) is 0 Å². The van der Waals surface area contributed by atoms with E-state index >= 15 is 0 Å². The maximum atomic E-state index is 12.2. The summed E-state index contributed by atoms with van der Waals surface area (Å²) in [5, 5.41) is 0. The van der Waals surface area contributed by atoms with Gasteiger partial charge in [0.25, 0.3) is 0 Å². The fraction of sp³-hybridized carbons (Fsp3) is 0.700. The predicted molar refractivity (Wildman–Crippen MR) is 100 cm³/mol. The first kappa shape index (κ1) is 19.0. The normalized spacial score (nSPS) is 17.9. The van der Waals surface area contributed by atoms with Gasteiger partial charge in [-0.15, -0.1) is 0 Å². The molecule has 1 saturated heterocycles. The Morgan fingerprint density at radius 3 is 2.69 bits per heavy atom. The Hall–Kier alpha value is -1.82. The monoisotopic (exact) mass is 361 g/mol. The molecule has 6 nitrogen and oxygen atoms in total. The van der Waals surface area contributed by atoms with Crippen molar-refractivity contribution in [2.45, 2.75) is 58.6 Å². The van der Waals surface area contributed by atoms with Crippen molar-refractivity contribution in [3.05, 3.63) is 23.4 Å². The first-order valence-corrected chi connectivity index (χ1v) is 9.72. The predicted octanol–water partition coefficient (Wildman–Crippen LogP) is 3.24. The number of aromatic nitrogens is 1. The van der Waals surface area contributed by atoms with Crippen LogP contribution in [-0.4, -0.2) is 59.3 Å². The highest BCUT2D eigenvalue weighted by atomic mass is 16.6. The van der Waals surface area contributed by atoms with Crippen LogP contribution in [0, 0.1) is 0 Å². The number of hydrogen-bond donors (Lipinski definition) is 0. The Balaban J connectivity index is 1.48. The van der Waals surface area contributed by atoms with Gasteiger partial charge in [-0.2, -0.15) is 0 Å². The topological polar surface area (TPSA) is 54.9 Å². The molecule has 0 bridgehead atoms. The second-order valence-corrected chi connectivity index (χ2v) is 8.16. The number of carbonyl (C=O) groups excluding carboxylic acids is 1. The molecule has 1 aromatic heterocycles. The second kappa shape index (κ2) is 8.25. The quantitative estimate of drug-likeness (QED) is 0.754. The number of rotatable bonds is 5. The van der Waals surface area contributed by atoms with Crippen molar-refractivity contribution in [3.8, 4) is 5.88 Å². The molecule has 0 N–H and O–H groups in total. The molecule has 0 atom stereocenters. The van der Waals surface area contributed by atoms with Crippen LogP contribution in [0.15, 0.2) is 12.1 Å². The molecular weight excluding hydrogens is 330 g/mol. The Labute approximate surface area is 156 Å². The molecule has 6 heteroatoms. The van der Waals surface area contributed by atoms with E-state index in [9.17, 15) is 4.79 Å². The van der Waals surface area contributed by atoms with Crippen molar-refractivity contribution in [1.82, 2.24) is 14.8 Å². The molecule has 0 aliphatic carbocycles. The van der Waals surface area contributed by atoms with Crippen LogP contribution >= 0.6 is 0 Å². The van der Waals surface area contributed by atoms with E-state index in [0.717, 1.165) is 30.6 Å². The summed E-state index contributed by atoms with van der Waals surface area (Å²) in [6, 6.07) is 3.93. The Bertz CT molecular complexity index is 621. The van der Waals surface area contributed by atoms with E-state index in [2.05, 4.69) is 9.88 Å². The molecule has 3 rings (SSSR count). The van der Waals surface area contributed by atoms with Crippen molar-refractivity contribution in [2.75, 3.05) is 32.8 Å². The summed E-state index contributed by atoms with van der Waals surface area (Å²) < 4.78 is 11.3. The fourth-order valence-corrected chi connectivity index (χ4v) is 3.43. The molecule has 0 unspecified atom stereocenters. The lowest BCUT2D eigenvalue weighted by atomic mass is 10.1. The van der Waals surface area contributed by atoms with E-state index in [1.54, 1.807) is 4.90 Å². The molecule has 1 fully saturated rings. The highest BCUT2D eigenvalue weighted by molar-refractivity contribution is 5.68. The number of ether oxygens (including phenoxy) is 2. The summed E-state index contributed by atoms with van der Waals surface area (Å²) in [5.74, 6) is 0.691. The van der Waals surface area contributed by atoms with E-state index < -0.39 is 5.60 Å². The third-order valence-electron chi connectivity index (χ3n) is 4.74.